The Labute approximate surface area is 125 Å². The maximum Gasteiger partial charge on any atom is 0.227 e. The second-order valence-corrected chi connectivity index (χ2v) is 5.72. The van der Waals surface area contributed by atoms with Crippen LogP contribution in [-0.4, -0.2) is 41.5 Å². The predicted octanol–water partition coefficient (Wildman–Crippen LogP) is 2.31. The summed E-state index contributed by atoms with van der Waals surface area (Å²) in [5.74, 6) is 0.232. The minimum Gasteiger partial charge on any atom is -0.361 e. The fourth-order valence-electron chi connectivity index (χ4n) is 3.28. The third kappa shape index (κ3) is 2.95. The van der Waals surface area contributed by atoms with E-state index in [1.54, 1.807) is 0 Å². The summed E-state index contributed by atoms with van der Waals surface area (Å²) in [6, 6.07) is 8.50. The Morgan fingerprint density at radius 3 is 3.00 bits per heavy atom. The number of fused-ring (bicyclic) bond motifs is 1. The average molecular weight is 285 g/mol. The zero-order valence-electron chi connectivity index (χ0n) is 12.6. The van der Waals surface area contributed by atoms with Gasteiger partial charge in [-0.1, -0.05) is 18.2 Å². The fraction of sp³-hybridized carbons (Fsp3) is 0.471. The van der Waals surface area contributed by atoms with E-state index in [-0.39, 0.29) is 5.91 Å². The third-order valence-electron chi connectivity index (χ3n) is 4.39. The van der Waals surface area contributed by atoms with Gasteiger partial charge in [0, 0.05) is 36.2 Å². The van der Waals surface area contributed by atoms with Gasteiger partial charge in [-0.05, 0) is 37.9 Å². The summed E-state index contributed by atoms with van der Waals surface area (Å²) >= 11 is 0. The average Bonchev–Trinajstić information content (AvgIpc) is 2.92. The van der Waals surface area contributed by atoms with Gasteiger partial charge in [-0.2, -0.15) is 0 Å². The van der Waals surface area contributed by atoms with Crippen molar-refractivity contribution < 1.29 is 4.79 Å². The first kappa shape index (κ1) is 14.1. The van der Waals surface area contributed by atoms with Crippen LogP contribution in [0.1, 0.15) is 25.3 Å². The zero-order valence-corrected chi connectivity index (χ0v) is 12.6. The van der Waals surface area contributed by atoms with E-state index in [1.165, 1.54) is 0 Å². The molecule has 21 heavy (non-hydrogen) atoms. The standard InChI is InChI=1S/C17H23N3O/c1-2-20(14-6-5-9-18-12-14)17(21)10-13-11-19-16-8-4-3-7-15(13)16/h3-4,7-8,11,14,18-19H,2,5-6,9-10,12H2,1H3. The molecule has 3 rings (SSSR count). The predicted molar refractivity (Wildman–Crippen MR) is 85.3 cm³/mol. The van der Waals surface area contributed by atoms with E-state index >= 15 is 0 Å². The minimum absolute atomic E-state index is 0.232. The van der Waals surface area contributed by atoms with Gasteiger partial charge in [0.05, 0.1) is 6.42 Å². The van der Waals surface area contributed by atoms with Crippen molar-refractivity contribution in [1.29, 1.82) is 0 Å². The number of rotatable bonds is 4. The molecule has 1 atom stereocenters. The first-order chi connectivity index (χ1) is 10.3. The summed E-state index contributed by atoms with van der Waals surface area (Å²) in [5.41, 5.74) is 2.19. The number of para-hydroxylation sites is 1. The Hall–Kier alpha value is -1.81. The zero-order chi connectivity index (χ0) is 14.7. The monoisotopic (exact) mass is 285 g/mol. The number of piperidine rings is 1. The molecule has 1 amide bonds. The molecule has 4 heteroatoms. The second-order valence-electron chi connectivity index (χ2n) is 5.72. The Balaban J connectivity index is 1.74. The lowest BCUT2D eigenvalue weighted by Crippen LogP contribution is -2.49. The van der Waals surface area contributed by atoms with E-state index in [4.69, 9.17) is 0 Å². The van der Waals surface area contributed by atoms with Crippen LogP contribution < -0.4 is 5.32 Å². The molecule has 1 unspecified atom stereocenters. The Bertz CT molecular complexity index is 613. The Morgan fingerprint density at radius 1 is 1.38 bits per heavy atom. The number of carbonyl (C=O) groups excluding carboxylic acids is 1. The first-order valence-corrected chi connectivity index (χ1v) is 7.84. The van der Waals surface area contributed by atoms with Crippen molar-refractivity contribution in [2.75, 3.05) is 19.6 Å². The maximum atomic E-state index is 12.7. The van der Waals surface area contributed by atoms with E-state index in [0.29, 0.717) is 12.5 Å². The van der Waals surface area contributed by atoms with Crippen molar-refractivity contribution in [3.8, 4) is 0 Å². The number of aromatic nitrogens is 1. The Kier molecular flexibility index (Phi) is 4.25. The molecule has 0 aliphatic carbocycles. The van der Waals surface area contributed by atoms with E-state index in [1.807, 2.05) is 29.3 Å². The Morgan fingerprint density at radius 2 is 2.24 bits per heavy atom. The fourth-order valence-corrected chi connectivity index (χ4v) is 3.28. The maximum absolute atomic E-state index is 12.7. The van der Waals surface area contributed by atoms with Gasteiger partial charge >= 0.3 is 0 Å². The van der Waals surface area contributed by atoms with Gasteiger partial charge in [0.1, 0.15) is 0 Å². The number of nitrogens with zero attached hydrogens (tertiary/aromatic N) is 1. The lowest BCUT2D eigenvalue weighted by atomic mass is 10.0. The third-order valence-corrected chi connectivity index (χ3v) is 4.39. The lowest BCUT2D eigenvalue weighted by Gasteiger charge is -2.34. The van der Waals surface area contributed by atoms with E-state index in [9.17, 15) is 4.79 Å². The van der Waals surface area contributed by atoms with Gasteiger partial charge in [0.2, 0.25) is 5.91 Å². The van der Waals surface area contributed by atoms with E-state index in [2.05, 4.69) is 23.3 Å². The van der Waals surface area contributed by atoms with Crippen molar-refractivity contribution in [1.82, 2.24) is 15.2 Å². The molecule has 2 N–H and O–H groups in total. The second kappa shape index (κ2) is 6.31. The van der Waals surface area contributed by atoms with Crippen LogP contribution in [0.5, 0.6) is 0 Å². The van der Waals surface area contributed by atoms with Crippen LogP contribution in [0.3, 0.4) is 0 Å². The van der Waals surface area contributed by atoms with Crippen molar-refractivity contribution in [3.05, 3.63) is 36.0 Å². The van der Waals surface area contributed by atoms with Crippen molar-refractivity contribution in [3.63, 3.8) is 0 Å². The van der Waals surface area contributed by atoms with Gasteiger partial charge in [0.25, 0.3) is 0 Å². The number of hydrogen-bond acceptors (Lipinski definition) is 2. The van der Waals surface area contributed by atoms with Crippen molar-refractivity contribution >= 4 is 16.8 Å². The molecule has 112 valence electrons. The number of aromatic amines is 1. The smallest absolute Gasteiger partial charge is 0.227 e. The molecule has 2 heterocycles. The molecule has 1 saturated heterocycles. The number of hydrogen-bond donors (Lipinski definition) is 2. The van der Waals surface area contributed by atoms with Crippen molar-refractivity contribution in [2.24, 2.45) is 0 Å². The first-order valence-electron chi connectivity index (χ1n) is 7.84. The molecule has 0 radical (unpaired) electrons. The molecule has 2 aromatic rings. The van der Waals surface area contributed by atoms with Gasteiger partial charge in [-0.15, -0.1) is 0 Å². The van der Waals surface area contributed by atoms with Crippen LogP contribution >= 0.6 is 0 Å². The molecule has 4 nitrogen and oxygen atoms in total. The van der Waals surface area contributed by atoms with Crippen LogP contribution in [0.15, 0.2) is 30.5 Å². The number of nitrogens with one attached hydrogen (secondary N) is 2. The van der Waals surface area contributed by atoms with Crippen LogP contribution in [0, 0.1) is 0 Å². The quantitative estimate of drug-likeness (QED) is 0.905. The summed E-state index contributed by atoms with van der Waals surface area (Å²) in [6.45, 7) is 4.85. The number of carbonyl (C=O) groups is 1. The normalized spacial score (nSPS) is 18.8. The highest BCUT2D eigenvalue weighted by Crippen LogP contribution is 2.20. The van der Waals surface area contributed by atoms with E-state index in [0.717, 1.165) is 48.9 Å². The van der Waals surface area contributed by atoms with Crippen LogP contribution in [-0.2, 0) is 11.2 Å². The molecule has 1 fully saturated rings. The molecular weight excluding hydrogens is 262 g/mol. The molecule has 1 aromatic heterocycles. The number of amides is 1. The number of likely N-dealkylation sites (N-methyl/N-ethyl adjacent to an activating group) is 1. The van der Waals surface area contributed by atoms with Gasteiger partial charge < -0.3 is 15.2 Å². The van der Waals surface area contributed by atoms with Gasteiger partial charge in [0.15, 0.2) is 0 Å². The topological polar surface area (TPSA) is 48.1 Å². The highest BCUT2D eigenvalue weighted by molar-refractivity contribution is 5.89. The van der Waals surface area contributed by atoms with Gasteiger partial charge in [-0.3, -0.25) is 4.79 Å². The highest BCUT2D eigenvalue weighted by Gasteiger charge is 2.24. The highest BCUT2D eigenvalue weighted by atomic mass is 16.2. The molecule has 0 bridgehead atoms. The lowest BCUT2D eigenvalue weighted by molar-refractivity contribution is -0.132. The molecule has 1 aromatic carbocycles. The summed E-state index contributed by atoms with van der Waals surface area (Å²) < 4.78 is 0. The summed E-state index contributed by atoms with van der Waals surface area (Å²) in [5, 5.41) is 4.55. The number of benzene rings is 1. The minimum atomic E-state index is 0.232. The number of H-pyrrole nitrogens is 1. The largest absolute Gasteiger partial charge is 0.361 e. The molecule has 1 aliphatic heterocycles. The van der Waals surface area contributed by atoms with Crippen LogP contribution in [0.25, 0.3) is 10.9 Å². The summed E-state index contributed by atoms with van der Waals surface area (Å²) in [7, 11) is 0. The SMILES string of the molecule is CCN(C(=O)Cc1c[nH]c2ccccc12)C1CCCNC1. The summed E-state index contributed by atoms with van der Waals surface area (Å²) in [6.07, 6.45) is 4.71. The van der Waals surface area contributed by atoms with Crippen LogP contribution in [0.4, 0.5) is 0 Å². The van der Waals surface area contributed by atoms with Crippen molar-refractivity contribution in [2.45, 2.75) is 32.2 Å². The van der Waals surface area contributed by atoms with Crippen LogP contribution in [0.2, 0.25) is 0 Å². The molecule has 0 saturated carbocycles. The molecule has 0 spiro atoms. The molecule has 1 aliphatic rings. The van der Waals surface area contributed by atoms with E-state index < -0.39 is 0 Å². The molecular formula is C17H23N3O. The van der Waals surface area contributed by atoms with Gasteiger partial charge in [-0.25, -0.2) is 0 Å². The summed E-state index contributed by atoms with van der Waals surface area (Å²) in [4.78, 5) is 18.0.